The van der Waals surface area contributed by atoms with Gasteiger partial charge in [-0.15, -0.1) is 0 Å². The molecule has 0 bridgehead atoms. The quantitative estimate of drug-likeness (QED) is 0.314. The SMILES string of the molecule is CC(=NOCc1ccc(C(C)(C)C)cc1)c1ccc(-c2noc([C@@H]3CCN(C(=N)N)C3)n2)cc1. The third-order valence-corrected chi connectivity index (χ3v) is 6.13. The Morgan fingerprint density at radius 2 is 1.88 bits per heavy atom. The highest BCUT2D eigenvalue weighted by Crippen LogP contribution is 2.27. The highest BCUT2D eigenvalue weighted by atomic mass is 16.6. The Kier molecular flexibility index (Phi) is 6.68. The second-order valence-corrected chi connectivity index (χ2v) is 9.75. The monoisotopic (exact) mass is 460 g/mol. The summed E-state index contributed by atoms with van der Waals surface area (Å²) in [5, 5.41) is 16.0. The molecular formula is C26H32N6O2. The molecule has 0 amide bonds. The normalized spacial score (nSPS) is 16.6. The zero-order valence-corrected chi connectivity index (χ0v) is 20.2. The molecule has 8 heteroatoms. The second kappa shape index (κ2) is 9.67. The van der Waals surface area contributed by atoms with Crippen molar-refractivity contribution in [3.63, 3.8) is 0 Å². The number of nitrogens with one attached hydrogen (secondary N) is 1. The number of benzene rings is 2. The summed E-state index contributed by atoms with van der Waals surface area (Å²) in [6.45, 7) is 10.3. The minimum Gasteiger partial charge on any atom is -0.391 e. The lowest BCUT2D eigenvalue weighted by atomic mass is 9.87. The number of hydrogen-bond acceptors (Lipinski definition) is 6. The van der Waals surface area contributed by atoms with E-state index in [1.165, 1.54) is 5.56 Å². The zero-order chi connectivity index (χ0) is 24.3. The molecule has 0 spiro atoms. The Balaban J connectivity index is 1.34. The summed E-state index contributed by atoms with van der Waals surface area (Å²) in [7, 11) is 0. The number of oxime groups is 1. The van der Waals surface area contributed by atoms with Crippen LogP contribution in [0.5, 0.6) is 0 Å². The summed E-state index contributed by atoms with van der Waals surface area (Å²) in [6.07, 6.45) is 0.844. The van der Waals surface area contributed by atoms with E-state index in [0.717, 1.165) is 35.4 Å². The van der Waals surface area contributed by atoms with Crippen molar-refractivity contribution in [3.05, 3.63) is 71.1 Å². The molecule has 1 fully saturated rings. The fourth-order valence-electron chi connectivity index (χ4n) is 3.92. The third-order valence-electron chi connectivity index (χ3n) is 6.13. The molecule has 0 saturated carbocycles. The molecule has 1 aromatic heterocycles. The van der Waals surface area contributed by atoms with Crippen molar-refractivity contribution >= 4 is 11.7 Å². The molecule has 4 rings (SSSR count). The summed E-state index contributed by atoms with van der Waals surface area (Å²) in [6, 6.07) is 16.3. The first kappa shape index (κ1) is 23.5. The highest BCUT2D eigenvalue weighted by molar-refractivity contribution is 5.98. The maximum absolute atomic E-state index is 7.57. The summed E-state index contributed by atoms with van der Waals surface area (Å²) >= 11 is 0. The Morgan fingerprint density at radius 3 is 2.50 bits per heavy atom. The minimum absolute atomic E-state index is 0.0808. The first-order valence-electron chi connectivity index (χ1n) is 11.5. The van der Waals surface area contributed by atoms with Gasteiger partial charge in [-0.3, -0.25) is 5.41 Å². The molecule has 3 aromatic rings. The van der Waals surface area contributed by atoms with Crippen molar-refractivity contribution < 1.29 is 9.36 Å². The van der Waals surface area contributed by atoms with Gasteiger partial charge in [0.1, 0.15) is 6.61 Å². The first-order chi connectivity index (χ1) is 16.2. The van der Waals surface area contributed by atoms with Gasteiger partial charge >= 0.3 is 0 Å². The molecule has 2 heterocycles. The van der Waals surface area contributed by atoms with E-state index in [-0.39, 0.29) is 17.3 Å². The van der Waals surface area contributed by atoms with Crippen LogP contribution >= 0.6 is 0 Å². The van der Waals surface area contributed by atoms with E-state index >= 15 is 0 Å². The maximum Gasteiger partial charge on any atom is 0.231 e. The Labute approximate surface area is 200 Å². The Bertz CT molecular complexity index is 1160. The van der Waals surface area contributed by atoms with Crippen LogP contribution in [0, 0.1) is 5.41 Å². The van der Waals surface area contributed by atoms with Gasteiger partial charge in [-0.25, -0.2) is 0 Å². The van der Waals surface area contributed by atoms with Crippen molar-refractivity contribution in [2.24, 2.45) is 10.9 Å². The number of nitrogens with zero attached hydrogens (tertiary/aromatic N) is 4. The van der Waals surface area contributed by atoms with Crippen LogP contribution < -0.4 is 5.73 Å². The number of rotatable bonds is 6. The molecule has 0 aliphatic carbocycles. The van der Waals surface area contributed by atoms with Gasteiger partial charge in [-0.2, -0.15) is 4.98 Å². The zero-order valence-electron chi connectivity index (χ0n) is 20.2. The minimum atomic E-state index is 0.0808. The lowest BCUT2D eigenvalue weighted by Gasteiger charge is -2.19. The van der Waals surface area contributed by atoms with Crippen LogP contribution in [0.15, 0.2) is 58.2 Å². The molecule has 1 aliphatic rings. The predicted octanol–water partition coefficient (Wildman–Crippen LogP) is 4.66. The van der Waals surface area contributed by atoms with Crippen LogP contribution in [0.3, 0.4) is 0 Å². The van der Waals surface area contributed by atoms with Crippen LogP contribution in [0.1, 0.15) is 62.6 Å². The largest absolute Gasteiger partial charge is 0.391 e. The number of hydrogen-bond donors (Lipinski definition) is 2. The first-order valence-corrected chi connectivity index (χ1v) is 11.5. The lowest BCUT2D eigenvalue weighted by molar-refractivity contribution is 0.130. The third kappa shape index (κ3) is 5.44. The number of likely N-dealkylation sites (tertiary alicyclic amines) is 1. The highest BCUT2D eigenvalue weighted by Gasteiger charge is 2.29. The predicted molar refractivity (Wildman–Crippen MR) is 133 cm³/mol. The number of nitrogens with two attached hydrogens (primary N) is 1. The van der Waals surface area contributed by atoms with E-state index in [9.17, 15) is 0 Å². The number of guanidine groups is 1. The van der Waals surface area contributed by atoms with Gasteiger partial charge in [-0.05, 0) is 35.4 Å². The number of aromatic nitrogens is 2. The molecule has 3 N–H and O–H groups in total. The second-order valence-electron chi connectivity index (χ2n) is 9.75. The van der Waals surface area contributed by atoms with Crippen LogP contribution in [-0.4, -0.2) is 39.8 Å². The van der Waals surface area contributed by atoms with Gasteiger partial charge in [0.05, 0.1) is 11.6 Å². The molecule has 0 radical (unpaired) electrons. The summed E-state index contributed by atoms with van der Waals surface area (Å²) < 4.78 is 5.49. The molecule has 1 aliphatic heterocycles. The fourth-order valence-corrected chi connectivity index (χ4v) is 3.92. The lowest BCUT2D eigenvalue weighted by Crippen LogP contribution is -2.34. The molecule has 0 unspecified atom stereocenters. The van der Waals surface area contributed by atoms with Crippen LogP contribution in [0.2, 0.25) is 0 Å². The molecular weight excluding hydrogens is 428 g/mol. The standard InChI is InChI=1S/C26H32N6O2/c1-17(30-33-16-18-5-11-22(12-6-18)26(2,3)4)19-7-9-20(10-8-19)23-29-24(34-31-23)21-13-14-32(15-21)25(27)28/h5-12,21H,13-16H2,1-4H3,(H3,27,28)/t21-/m1/s1. The van der Waals surface area contributed by atoms with E-state index in [0.29, 0.717) is 24.9 Å². The van der Waals surface area contributed by atoms with Crippen molar-refractivity contribution in [1.82, 2.24) is 15.0 Å². The van der Waals surface area contributed by atoms with Crippen molar-refractivity contribution in [2.75, 3.05) is 13.1 Å². The van der Waals surface area contributed by atoms with Crippen LogP contribution in [0.25, 0.3) is 11.4 Å². The van der Waals surface area contributed by atoms with E-state index < -0.39 is 0 Å². The molecule has 34 heavy (non-hydrogen) atoms. The smallest absolute Gasteiger partial charge is 0.231 e. The fraction of sp³-hybridized carbons (Fsp3) is 0.385. The van der Waals surface area contributed by atoms with Gasteiger partial charge in [-0.1, -0.05) is 79.6 Å². The van der Waals surface area contributed by atoms with E-state index in [1.54, 1.807) is 0 Å². The topological polar surface area (TPSA) is 114 Å². The van der Waals surface area contributed by atoms with Gasteiger partial charge in [0.2, 0.25) is 11.7 Å². The van der Waals surface area contributed by atoms with Crippen LogP contribution in [-0.2, 0) is 16.9 Å². The van der Waals surface area contributed by atoms with Gasteiger partial charge in [0.25, 0.3) is 0 Å². The summed E-state index contributed by atoms with van der Waals surface area (Å²) in [5.41, 5.74) is 10.7. The Morgan fingerprint density at radius 1 is 1.18 bits per heavy atom. The van der Waals surface area contributed by atoms with Gasteiger partial charge < -0.3 is 20.0 Å². The van der Waals surface area contributed by atoms with E-state index in [4.69, 9.17) is 20.5 Å². The van der Waals surface area contributed by atoms with E-state index in [1.807, 2.05) is 36.1 Å². The summed E-state index contributed by atoms with van der Waals surface area (Å²) in [4.78, 5) is 12.0. The molecule has 178 valence electrons. The summed E-state index contributed by atoms with van der Waals surface area (Å²) in [5.74, 6) is 1.31. The van der Waals surface area contributed by atoms with Crippen molar-refractivity contribution in [1.29, 1.82) is 5.41 Å². The van der Waals surface area contributed by atoms with Crippen molar-refractivity contribution in [3.8, 4) is 11.4 Å². The molecule has 2 aromatic carbocycles. The molecule has 1 atom stereocenters. The van der Waals surface area contributed by atoms with Gasteiger partial charge in [0.15, 0.2) is 5.96 Å². The Hall–Kier alpha value is -3.68. The molecule has 1 saturated heterocycles. The average molecular weight is 461 g/mol. The van der Waals surface area contributed by atoms with E-state index in [2.05, 4.69) is 60.3 Å². The van der Waals surface area contributed by atoms with Gasteiger partial charge in [0, 0.05) is 18.7 Å². The van der Waals surface area contributed by atoms with Crippen molar-refractivity contribution in [2.45, 2.75) is 52.1 Å². The molecule has 8 nitrogen and oxygen atoms in total. The maximum atomic E-state index is 7.57. The average Bonchev–Trinajstić information content (AvgIpc) is 3.49. The van der Waals surface area contributed by atoms with Crippen LogP contribution in [0.4, 0.5) is 0 Å².